The predicted molar refractivity (Wildman–Crippen MR) is 79.3 cm³/mol. The van der Waals surface area contributed by atoms with Crippen molar-refractivity contribution in [1.29, 1.82) is 0 Å². The van der Waals surface area contributed by atoms with Gasteiger partial charge in [-0.25, -0.2) is 9.78 Å². The largest absolute Gasteiger partial charge is 0.461 e. The van der Waals surface area contributed by atoms with Crippen LogP contribution in [0, 0.1) is 6.92 Å². The molecule has 2 rings (SSSR count). The summed E-state index contributed by atoms with van der Waals surface area (Å²) in [5, 5.41) is 7.74. The van der Waals surface area contributed by atoms with Gasteiger partial charge in [0.05, 0.1) is 18.0 Å². The fourth-order valence-electron chi connectivity index (χ4n) is 1.79. The summed E-state index contributed by atoms with van der Waals surface area (Å²) < 4.78 is 6.59. The minimum atomic E-state index is -0.588. The van der Waals surface area contributed by atoms with Gasteiger partial charge in [0.1, 0.15) is 4.88 Å². The summed E-state index contributed by atoms with van der Waals surface area (Å²) in [5.74, 6) is -0.804. The van der Waals surface area contributed by atoms with Gasteiger partial charge >= 0.3 is 5.97 Å². The van der Waals surface area contributed by atoms with Crippen LogP contribution in [0.25, 0.3) is 0 Å². The fourth-order valence-corrected chi connectivity index (χ4v) is 2.65. The summed E-state index contributed by atoms with van der Waals surface area (Å²) in [6, 6.07) is 0. The van der Waals surface area contributed by atoms with Crippen molar-refractivity contribution >= 4 is 33.9 Å². The lowest BCUT2D eigenvalue weighted by Crippen LogP contribution is -2.09. The lowest BCUT2D eigenvalue weighted by Gasteiger charge is -1.99. The van der Waals surface area contributed by atoms with Gasteiger partial charge in [-0.2, -0.15) is 5.10 Å². The Morgan fingerprint density at radius 1 is 1.48 bits per heavy atom. The Morgan fingerprint density at radius 2 is 2.19 bits per heavy atom. The topological polar surface area (TPSA) is 86.1 Å². The van der Waals surface area contributed by atoms with E-state index in [0.717, 1.165) is 22.7 Å². The van der Waals surface area contributed by atoms with E-state index >= 15 is 0 Å². The van der Waals surface area contributed by atoms with Crippen LogP contribution in [0.2, 0.25) is 0 Å². The summed E-state index contributed by atoms with van der Waals surface area (Å²) >= 11 is 1.12. The zero-order valence-electron chi connectivity index (χ0n) is 12.3. The third-order valence-electron chi connectivity index (χ3n) is 2.67. The zero-order valence-corrected chi connectivity index (χ0v) is 13.1. The van der Waals surface area contributed by atoms with Gasteiger partial charge in [-0.3, -0.25) is 9.48 Å². The Morgan fingerprint density at radius 3 is 2.71 bits per heavy atom. The minimum absolute atomic E-state index is 0.0541. The van der Waals surface area contributed by atoms with E-state index in [1.54, 1.807) is 17.8 Å². The molecule has 0 aliphatic rings. The summed E-state index contributed by atoms with van der Waals surface area (Å²) in [5.41, 5.74) is 1.63. The highest BCUT2D eigenvalue weighted by molar-refractivity contribution is 7.17. The molecule has 0 bridgehead atoms. The van der Waals surface area contributed by atoms with Crippen molar-refractivity contribution in [3.8, 4) is 0 Å². The van der Waals surface area contributed by atoms with Crippen molar-refractivity contribution in [2.24, 2.45) is 7.05 Å². The summed E-state index contributed by atoms with van der Waals surface area (Å²) in [4.78, 5) is 27.9. The van der Waals surface area contributed by atoms with E-state index in [1.165, 1.54) is 6.92 Å². The first kappa shape index (κ1) is 15.2. The fraction of sp³-hybridized carbons (Fsp3) is 0.385. The van der Waals surface area contributed by atoms with E-state index in [2.05, 4.69) is 15.4 Å². The molecule has 2 aromatic heterocycles. The molecule has 2 heterocycles. The predicted octanol–water partition coefficient (Wildman–Crippen LogP) is 2.31. The third-order valence-corrected chi connectivity index (χ3v) is 3.74. The first-order valence-electron chi connectivity index (χ1n) is 6.38. The highest BCUT2D eigenvalue weighted by atomic mass is 32.1. The molecule has 0 aliphatic heterocycles. The van der Waals surface area contributed by atoms with E-state index in [4.69, 9.17) is 4.74 Å². The number of nitrogens with one attached hydrogen (secondary N) is 1. The van der Waals surface area contributed by atoms with Gasteiger partial charge in [0.2, 0.25) is 0 Å². The van der Waals surface area contributed by atoms with Gasteiger partial charge in [-0.15, -0.1) is 0 Å². The molecule has 8 heteroatoms. The number of Topliss-reactive ketones (excluding diaryl/α,β-unsaturated/α-hetero) is 1. The molecule has 1 N–H and O–H groups in total. The molecule has 0 fully saturated rings. The van der Waals surface area contributed by atoms with Crippen molar-refractivity contribution in [3.63, 3.8) is 0 Å². The second kappa shape index (κ2) is 6.04. The van der Waals surface area contributed by atoms with E-state index in [1.807, 2.05) is 14.0 Å². The van der Waals surface area contributed by atoms with Crippen molar-refractivity contribution in [3.05, 3.63) is 22.5 Å². The second-order valence-corrected chi connectivity index (χ2v) is 5.40. The number of hydrogen-bond acceptors (Lipinski definition) is 7. The molecule has 0 spiro atoms. The number of nitrogens with zero attached hydrogens (tertiary/aromatic N) is 3. The number of carbonyl (C=O) groups excluding carboxylic acids is 2. The van der Waals surface area contributed by atoms with E-state index < -0.39 is 5.97 Å². The smallest absolute Gasteiger partial charge is 0.358 e. The van der Waals surface area contributed by atoms with Crippen LogP contribution in [-0.2, 0) is 11.8 Å². The summed E-state index contributed by atoms with van der Waals surface area (Å²) in [7, 11) is 1.81. The number of rotatable bonds is 5. The Hall–Kier alpha value is -2.22. The van der Waals surface area contributed by atoms with Crippen LogP contribution in [-0.4, -0.2) is 33.1 Å². The monoisotopic (exact) mass is 308 g/mol. The molecule has 0 aliphatic carbocycles. The third kappa shape index (κ3) is 3.27. The molecular formula is C13H16N4O3S. The molecule has 0 saturated carbocycles. The Bertz CT molecular complexity index is 690. The Kier molecular flexibility index (Phi) is 4.37. The summed E-state index contributed by atoms with van der Waals surface area (Å²) in [6.07, 6.45) is 1.80. The number of ether oxygens (including phenoxy) is 1. The second-order valence-electron chi connectivity index (χ2n) is 4.40. The van der Waals surface area contributed by atoms with Gasteiger partial charge in [-0.05, 0) is 13.8 Å². The molecule has 0 unspecified atom stereocenters. The van der Waals surface area contributed by atoms with E-state index in [-0.39, 0.29) is 23.0 Å². The van der Waals surface area contributed by atoms with Crippen LogP contribution in [0.15, 0.2) is 6.20 Å². The normalized spacial score (nSPS) is 10.5. The molecule has 7 nitrogen and oxygen atoms in total. The number of aromatic nitrogens is 3. The number of anilines is 2. The molecule has 0 atom stereocenters. The van der Waals surface area contributed by atoms with Gasteiger partial charge < -0.3 is 10.1 Å². The SMILES string of the molecule is CCOC(=O)c1nc(Nc2cn(C)nc2C)sc1C(C)=O. The summed E-state index contributed by atoms with van der Waals surface area (Å²) in [6.45, 7) is 5.19. The molecule has 112 valence electrons. The number of hydrogen-bond donors (Lipinski definition) is 1. The van der Waals surface area contributed by atoms with Gasteiger partial charge in [0, 0.05) is 20.2 Å². The van der Waals surface area contributed by atoms with E-state index in [0.29, 0.717) is 5.13 Å². The van der Waals surface area contributed by atoms with Crippen LogP contribution in [0.5, 0.6) is 0 Å². The van der Waals surface area contributed by atoms with Crippen LogP contribution < -0.4 is 5.32 Å². The first-order chi connectivity index (χ1) is 9.92. The molecule has 0 radical (unpaired) electrons. The van der Waals surface area contributed by atoms with Crippen LogP contribution in [0.4, 0.5) is 10.8 Å². The number of ketones is 1. The maximum atomic E-state index is 11.8. The average Bonchev–Trinajstić information content (AvgIpc) is 2.94. The minimum Gasteiger partial charge on any atom is -0.461 e. The molecule has 0 amide bonds. The molecule has 2 aromatic rings. The van der Waals surface area contributed by atoms with Gasteiger partial charge in [0.15, 0.2) is 16.6 Å². The number of aryl methyl sites for hydroxylation is 2. The highest BCUT2D eigenvalue weighted by Crippen LogP contribution is 2.28. The van der Waals surface area contributed by atoms with Crippen molar-refractivity contribution in [1.82, 2.24) is 14.8 Å². The number of esters is 1. The average molecular weight is 308 g/mol. The van der Waals surface area contributed by atoms with E-state index in [9.17, 15) is 9.59 Å². The first-order valence-corrected chi connectivity index (χ1v) is 7.20. The standard InChI is InChI=1S/C13H16N4O3S/c1-5-20-12(19)10-11(8(3)18)21-13(15-10)14-9-6-17(4)16-7(9)2/h6H,5H2,1-4H3,(H,14,15). The number of carbonyl (C=O) groups is 2. The van der Waals surface area contributed by atoms with Crippen molar-refractivity contribution < 1.29 is 14.3 Å². The molecular weight excluding hydrogens is 292 g/mol. The molecule has 21 heavy (non-hydrogen) atoms. The highest BCUT2D eigenvalue weighted by Gasteiger charge is 2.22. The Balaban J connectivity index is 2.33. The quantitative estimate of drug-likeness (QED) is 0.674. The molecule has 0 saturated heterocycles. The lowest BCUT2D eigenvalue weighted by molar-refractivity contribution is 0.0517. The van der Waals surface area contributed by atoms with Crippen LogP contribution >= 0.6 is 11.3 Å². The maximum Gasteiger partial charge on any atom is 0.358 e. The molecule has 0 aromatic carbocycles. The zero-order chi connectivity index (χ0) is 15.6. The van der Waals surface area contributed by atoms with Crippen LogP contribution in [0.3, 0.4) is 0 Å². The maximum absolute atomic E-state index is 11.8. The van der Waals surface area contributed by atoms with Gasteiger partial charge in [0.25, 0.3) is 0 Å². The number of thiazole rings is 1. The van der Waals surface area contributed by atoms with Crippen molar-refractivity contribution in [2.75, 3.05) is 11.9 Å². The van der Waals surface area contributed by atoms with Crippen LogP contribution in [0.1, 0.15) is 39.7 Å². The van der Waals surface area contributed by atoms with Crippen molar-refractivity contribution in [2.45, 2.75) is 20.8 Å². The lowest BCUT2D eigenvalue weighted by atomic mass is 10.3. The Labute approximate surface area is 125 Å². The van der Waals surface area contributed by atoms with Gasteiger partial charge in [-0.1, -0.05) is 11.3 Å².